The monoisotopic (exact) mass is 320 g/mol. The third-order valence-electron chi connectivity index (χ3n) is 3.23. The molecule has 1 heterocycles. The molecule has 0 saturated carbocycles. The zero-order chi connectivity index (χ0) is 15.9. The summed E-state index contributed by atoms with van der Waals surface area (Å²) in [6.07, 6.45) is 0. The minimum absolute atomic E-state index is 0.0476. The van der Waals surface area contributed by atoms with Gasteiger partial charge in [-0.05, 0) is 29.1 Å². The van der Waals surface area contributed by atoms with Gasteiger partial charge in [0.2, 0.25) is 5.91 Å². The molecule has 22 heavy (non-hydrogen) atoms. The van der Waals surface area contributed by atoms with Crippen molar-refractivity contribution < 1.29 is 9.18 Å². The van der Waals surface area contributed by atoms with Crippen LogP contribution in [-0.4, -0.2) is 23.4 Å². The molecule has 0 aliphatic carbocycles. The second kappa shape index (κ2) is 8.06. The predicted octanol–water partition coefficient (Wildman–Crippen LogP) is 3.41. The molecule has 0 spiro atoms. The predicted molar refractivity (Wildman–Crippen MR) is 88.1 cm³/mol. The Morgan fingerprint density at radius 3 is 2.55 bits per heavy atom. The van der Waals surface area contributed by atoms with Crippen LogP contribution in [0.25, 0.3) is 0 Å². The van der Waals surface area contributed by atoms with Crippen LogP contribution in [0.1, 0.15) is 24.3 Å². The van der Waals surface area contributed by atoms with E-state index in [9.17, 15) is 9.18 Å². The molecule has 0 saturated heterocycles. The van der Waals surface area contributed by atoms with Gasteiger partial charge >= 0.3 is 0 Å². The minimum atomic E-state index is -0.263. The number of thiophene rings is 1. The van der Waals surface area contributed by atoms with Crippen molar-refractivity contribution in [3.05, 3.63) is 58.0 Å². The normalized spacial score (nSPS) is 10.9. The van der Waals surface area contributed by atoms with E-state index in [1.54, 1.807) is 28.4 Å². The number of carbonyl (C=O) groups is 1. The van der Waals surface area contributed by atoms with E-state index >= 15 is 0 Å². The average molecular weight is 320 g/mol. The lowest BCUT2D eigenvalue weighted by Gasteiger charge is -2.23. The van der Waals surface area contributed by atoms with Crippen LogP contribution in [0, 0.1) is 5.82 Å². The highest BCUT2D eigenvalue weighted by Gasteiger charge is 2.15. The molecule has 0 aliphatic rings. The molecule has 1 N–H and O–H groups in total. The first-order valence-corrected chi connectivity index (χ1v) is 8.20. The van der Waals surface area contributed by atoms with Crippen molar-refractivity contribution in [3.63, 3.8) is 0 Å². The maximum absolute atomic E-state index is 13.0. The molecule has 1 aromatic carbocycles. The summed E-state index contributed by atoms with van der Waals surface area (Å²) in [4.78, 5) is 15.4. The van der Waals surface area contributed by atoms with E-state index in [2.05, 4.69) is 5.32 Å². The van der Waals surface area contributed by atoms with Gasteiger partial charge in [0.15, 0.2) is 0 Å². The van der Waals surface area contributed by atoms with Gasteiger partial charge in [-0.25, -0.2) is 4.39 Å². The highest BCUT2D eigenvalue weighted by molar-refractivity contribution is 7.09. The second-order valence-electron chi connectivity index (χ2n) is 5.49. The Bertz CT molecular complexity index is 581. The molecule has 1 amide bonds. The molecule has 0 bridgehead atoms. The maximum Gasteiger partial charge on any atom is 0.237 e. The zero-order valence-corrected chi connectivity index (χ0v) is 13.7. The van der Waals surface area contributed by atoms with Crippen molar-refractivity contribution >= 4 is 17.2 Å². The Kier molecular flexibility index (Phi) is 6.10. The lowest BCUT2D eigenvalue weighted by molar-refractivity contribution is -0.131. The summed E-state index contributed by atoms with van der Waals surface area (Å²) in [6, 6.07) is 10.6. The van der Waals surface area contributed by atoms with E-state index < -0.39 is 0 Å². The number of hydrogen-bond acceptors (Lipinski definition) is 3. The summed E-state index contributed by atoms with van der Waals surface area (Å²) in [7, 11) is 0. The van der Waals surface area contributed by atoms with Crippen molar-refractivity contribution in [2.75, 3.05) is 6.54 Å². The molecule has 0 radical (unpaired) electrons. The van der Waals surface area contributed by atoms with Crippen LogP contribution in [0.4, 0.5) is 4.39 Å². The first-order valence-electron chi connectivity index (χ1n) is 7.32. The smallest absolute Gasteiger partial charge is 0.237 e. The second-order valence-corrected chi connectivity index (χ2v) is 6.52. The largest absolute Gasteiger partial charge is 0.332 e. The van der Waals surface area contributed by atoms with Gasteiger partial charge in [-0.3, -0.25) is 4.79 Å². The number of halogens is 1. The van der Waals surface area contributed by atoms with Crippen LogP contribution in [0.2, 0.25) is 0 Å². The quantitative estimate of drug-likeness (QED) is 0.848. The number of hydrogen-bond donors (Lipinski definition) is 1. The van der Waals surface area contributed by atoms with E-state index in [1.807, 2.05) is 31.4 Å². The Labute approximate surface area is 134 Å². The van der Waals surface area contributed by atoms with Crippen molar-refractivity contribution in [2.24, 2.45) is 0 Å². The Morgan fingerprint density at radius 2 is 1.95 bits per heavy atom. The van der Waals surface area contributed by atoms with E-state index in [-0.39, 0.29) is 17.8 Å². The Hall–Kier alpha value is -1.72. The van der Waals surface area contributed by atoms with Gasteiger partial charge < -0.3 is 10.2 Å². The molecule has 0 fully saturated rings. The van der Waals surface area contributed by atoms with E-state index in [0.717, 1.165) is 10.4 Å². The summed E-state index contributed by atoms with van der Waals surface area (Å²) in [5, 5.41) is 5.15. The SMILES string of the molecule is CC(C)NCC(=O)N(Cc1ccc(F)cc1)Cc1cccs1. The number of nitrogens with one attached hydrogen (secondary N) is 1. The fraction of sp³-hybridized carbons (Fsp3) is 0.353. The maximum atomic E-state index is 13.0. The van der Waals surface area contributed by atoms with Crippen molar-refractivity contribution in [2.45, 2.75) is 33.0 Å². The fourth-order valence-electron chi connectivity index (χ4n) is 2.04. The van der Waals surface area contributed by atoms with E-state index in [1.165, 1.54) is 12.1 Å². The average Bonchev–Trinajstić information content (AvgIpc) is 2.99. The standard InChI is InChI=1S/C17H21FN2OS/c1-13(2)19-10-17(21)20(12-16-4-3-9-22-16)11-14-5-7-15(18)8-6-14/h3-9,13,19H,10-12H2,1-2H3. The number of carbonyl (C=O) groups excluding carboxylic acids is 1. The highest BCUT2D eigenvalue weighted by Crippen LogP contribution is 2.15. The molecule has 5 heteroatoms. The summed E-state index contributed by atoms with van der Waals surface area (Å²) in [5.74, 6) is -0.215. The van der Waals surface area contributed by atoms with Crippen LogP contribution >= 0.6 is 11.3 Å². The third kappa shape index (κ3) is 5.24. The van der Waals surface area contributed by atoms with E-state index in [0.29, 0.717) is 19.6 Å². The van der Waals surface area contributed by atoms with Crippen LogP contribution in [0.5, 0.6) is 0 Å². The lowest BCUT2D eigenvalue weighted by Crippen LogP contribution is -2.39. The zero-order valence-electron chi connectivity index (χ0n) is 12.9. The molecule has 3 nitrogen and oxygen atoms in total. The molecular formula is C17H21FN2OS. The van der Waals surface area contributed by atoms with Gasteiger partial charge in [0.1, 0.15) is 5.82 Å². The summed E-state index contributed by atoms with van der Waals surface area (Å²) < 4.78 is 13.0. The molecule has 2 aromatic rings. The topological polar surface area (TPSA) is 32.3 Å². The van der Waals surface area contributed by atoms with Gasteiger partial charge in [-0.2, -0.15) is 0 Å². The first kappa shape index (κ1) is 16.6. The summed E-state index contributed by atoms with van der Waals surface area (Å²) in [6.45, 7) is 5.39. The Balaban J connectivity index is 2.06. The summed E-state index contributed by atoms with van der Waals surface area (Å²) in [5.41, 5.74) is 0.927. The summed E-state index contributed by atoms with van der Waals surface area (Å²) >= 11 is 1.63. The molecule has 0 aliphatic heterocycles. The van der Waals surface area contributed by atoms with Crippen molar-refractivity contribution in [3.8, 4) is 0 Å². The molecule has 118 valence electrons. The molecule has 2 rings (SSSR count). The van der Waals surface area contributed by atoms with Gasteiger partial charge in [0, 0.05) is 17.5 Å². The first-order chi connectivity index (χ1) is 10.5. The molecule has 0 unspecified atom stereocenters. The molecule has 1 aromatic heterocycles. The molecule has 0 atom stereocenters. The van der Waals surface area contributed by atoms with Crippen molar-refractivity contribution in [1.29, 1.82) is 0 Å². The minimum Gasteiger partial charge on any atom is -0.332 e. The number of rotatable bonds is 7. The van der Waals surface area contributed by atoms with Crippen LogP contribution in [0.15, 0.2) is 41.8 Å². The van der Waals surface area contributed by atoms with Crippen LogP contribution in [-0.2, 0) is 17.9 Å². The van der Waals surface area contributed by atoms with Gasteiger partial charge in [-0.15, -0.1) is 11.3 Å². The third-order valence-corrected chi connectivity index (χ3v) is 4.09. The van der Waals surface area contributed by atoms with Crippen molar-refractivity contribution in [1.82, 2.24) is 10.2 Å². The number of benzene rings is 1. The van der Waals surface area contributed by atoms with Gasteiger partial charge in [-0.1, -0.05) is 32.0 Å². The van der Waals surface area contributed by atoms with E-state index in [4.69, 9.17) is 0 Å². The number of amides is 1. The van der Waals surface area contributed by atoms with Crippen LogP contribution in [0.3, 0.4) is 0 Å². The fourth-order valence-corrected chi connectivity index (χ4v) is 2.76. The Morgan fingerprint density at radius 1 is 1.23 bits per heavy atom. The van der Waals surface area contributed by atoms with Crippen LogP contribution < -0.4 is 5.32 Å². The lowest BCUT2D eigenvalue weighted by atomic mass is 10.2. The highest BCUT2D eigenvalue weighted by atomic mass is 32.1. The van der Waals surface area contributed by atoms with Gasteiger partial charge in [0.05, 0.1) is 13.1 Å². The molecular weight excluding hydrogens is 299 g/mol. The number of nitrogens with zero attached hydrogens (tertiary/aromatic N) is 1. The van der Waals surface area contributed by atoms with Gasteiger partial charge in [0.25, 0.3) is 0 Å².